The molecule has 0 radical (unpaired) electrons. The van der Waals surface area contributed by atoms with Gasteiger partial charge in [-0.3, -0.25) is 4.18 Å². The molecule has 0 aromatic carbocycles. The zero-order chi connectivity index (χ0) is 16.4. The van der Waals surface area contributed by atoms with E-state index >= 15 is 0 Å². The van der Waals surface area contributed by atoms with Gasteiger partial charge in [0.2, 0.25) is 10.4 Å². The molecule has 0 aromatic rings. The zero-order valence-corrected chi connectivity index (χ0v) is 18.1. The number of nitrogens with one attached hydrogen (secondary N) is 1. The Morgan fingerprint density at radius 3 is 2.04 bits per heavy atom. The quantitative estimate of drug-likeness (QED) is 0.219. The van der Waals surface area contributed by atoms with Crippen LogP contribution in [0.1, 0.15) is 0 Å². The van der Waals surface area contributed by atoms with E-state index in [2.05, 4.69) is 8.92 Å². The average Bonchev–Trinajstić information content (AvgIpc) is 2.31. The van der Waals surface area contributed by atoms with Crippen molar-refractivity contribution in [1.82, 2.24) is 4.72 Å². The Hall–Kier alpha value is 1.58. The van der Waals surface area contributed by atoms with E-state index in [4.69, 9.17) is 4.74 Å². The van der Waals surface area contributed by atoms with Gasteiger partial charge in [-0.25, -0.2) is 21.6 Å². The van der Waals surface area contributed by atoms with Gasteiger partial charge in [-0.2, -0.15) is 0 Å². The molecule has 5 atom stereocenters. The van der Waals surface area contributed by atoms with Crippen molar-refractivity contribution in [3.63, 3.8) is 0 Å². The first-order valence-electron chi connectivity index (χ1n) is 5.32. The zero-order valence-electron chi connectivity index (χ0n) is 12.5. The Labute approximate surface area is 177 Å². The van der Waals surface area contributed by atoms with E-state index in [0.717, 1.165) is 7.11 Å². The van der Waals surface area contributed by atoms with Crippen LogP contribution in [0.5, 0.6) is 0 Å². The molecule has 1 aliphatic heterocycles. The van der Waals surface area contributed by atoms with Crippen LogP contribution in [-0.2, 0) is 34.4 Å². The maximum Gasteiger partial charge on any atom is 1.00 e. The molecule has 12 nitrogen and oxygen atoms in total. The molecule has 0 saturated carbocycles. The summed E-state index contributed by atoms with van der Waals surface area (Å²) < 4.78 is 77.9. The van der Waals surface area contributed by atoms with E-state index in [1.807, 2.05) is 0 Å². The molecule has 0 aliphatic carbocycles. The van der Waals surface area contributed by atoms with Crippen molar-refractivity contribution in [3.8, 4) is 0 Å². The average molecular weight is 397 g/mol. The number of hydrogen-bond acceptors (Lipinski definition) is 11. The Morgan fingerprint density at radius 1 is 1.13 bits per heavy atom. The molecule has 126 valence electrons. The molecule has 1 saturated heterocycles. The topological polar surface area (TPSA) is 195 Å². The minimum atomic E-state index is -5.06. The second kappa shape index (κ2) is 10.7. The van der Waals surface area contributed by atoms with E-state index in [0.29, 0.717) is 0 Å². The molecule has 0 bridgehead atoms. The van der Waals surface area contributed by atoms with Crippen molar-refractivity contribution in [1.29, 1.82) is 0 Å². The molecule has 16 heteroatoms. The smallest absolute Gasteiger partial charge is 0.735 e. The molecule has 1 heterocycles. The fourth-order valence-electron chi connectivity index (χ4n) is 1.71. The first kappa shape index (κ1) is 26.8. The van der Waals surface area contributed by atoms with Gasteiger partial charge in [0.25, 0.3) is 0 Å². The van der Waals surface area contributed by atoms with E-state index in [1.165, 1.54) is 4.72 Å². The van der Waals surface area contributed by atoms with Crippen LogP contribution in [0.4, 0.5) is 0 Å². The molecule has 0 unspecified atom stereocenters. The van der Waals surface area contributed by atoms with Crippen molar-refractivity contribution >= 4 is 20.7 Å². The summed E-state index contributed by atoms with van der Waals surface area (Å²) in [6.45, 7) is -0.930. The van der Waals surface area contributed by atoms with Crippen LogP contribution in [-0.4, -0.2) is 80.5 Å². The Kier molecular flexibility index (Phi) is 12.4. The minimum Gasteiger partial charge on any atom is -0.735 e. The van der Waals surface area contributed by atoms with E-state index in [-0.39, 0.29) is 59.1 Å². The summed E-state index contributed by atoms with van der Waals surface area (Å²) in [5.74, 6) is 0. The second-order valence-corrected chi connectivity index (χ2v) is 6.25. The Morgan fingerprint density at radius 2 is 1.65 bits per heavy atom. The normalized spacial score (nSPS) is 31.8. The Bertz CT molecular complexity index is 551. The third-order valence-corrected chi connectivity index (χ3v) is 3.58. The van der Waals surface area contributed by atoms with Crippen molar-refractivity contribution in [2.45, 2.75) is 30.6 Å². The number of methoxy groups -OCH3 is 1. The van der Waals surface area contributed by atoms with Gasteiger partial charge in [0.05, 0.1) is 6.61 Å². The van der Waals surface area contributed by atoms with Crippen LogP contribution in [0.3, 0.4) is 0 Å². The van der Waals surface area contributed by atoms with E-state index in [1.54, 1.807) is 0 Å². The molecule has 0 amide bonds. The largest absolute Gasteiger partial charge is 1.00 e. The van der Waals surface area contributed by atoms with Gasteiger partial charge in [0, 0.05) is 7.11 Å². The maximum atomic E-state index is 10.6. The molecule has 1 fully saturated rings. The Balaban J connectivity index is 0. The summed E-state index contributed by atoms with van der Waals surface area (Å²) in [4.78, 5) is 0. The molecule has 1 aliphatic rings. The fraction of sp³-hybridized carbons (Fsp3) is 1.00. The maximum absolute atomic E-state index is 10.6. The molecular weight excluding hydrogens is 384 g/mol. The number of hydrogen-bond donors (Lipinski definition) is 3. The van der Waals surface area contributed by atoms with Crippen LogP contribution in [0, 0.1) is 0 Å². The first-order chi connectivity index (χ1) is 9.44. The van der Waals surface area contributed by atoms with E-state index in [9.17, 15) is 36.2 Å². The van der Waals surface area contributed by atoms with Gasteiger partial charge in [0.15, 0.2) is 16.6 Å². The molecule has 0 spiro atoms. The van der Waals surface area contributed by atoms with Gasteiger partial charge >= 0.3 is 59.1 Å². The van der Waals surface area contributed by atoms with Crippen LogP contribution >= 0.6 is 0 Å². The molecule has 0 aromatic heterocycles. The van der Waals surface area contributed by atoms with Gasteiger partial charge in [0.1, 0.15) is 24.4 Å². The van der Waals surface area contributed by atoms with Crippen molar-refractivity contribution < 1.29 is 109 Å². The predicted octanol–water partition coefficient (Wildman–Crippen LogP) is -10.0. The van der Waals surface area contributed by atoms with Crippen molar-refractivity contribution in [2.24, 2.45) is 0 Å². The number of rotatable bonds is 6. The number of ether oxygens (including phenoxy) is 2. The third kappa shape index (κ3) is 9.18. The third-order valence-electron chi connectivity index (χ3n) is 2.59. The van der Waals surface area contributed by atoms with Gasteiger partial charge in [-0.15, -0.1) is 0 Å². The van der Waals surface area contributed by atoms with Crippen LogP contribution < -0.4 is 63.8 Å². The van der Waals surface area contributed by atoms with Gasteiger partial charge < -0.3 is 28.8 Å². The fourth-order valence-corrected chi connectivity index (χ4v) is 2.60. The molecular formula is C7H13NNa2O11S2. The van der Waals surface area contributed by atoms with Gasteiger partial charge in [-0.1, -0.05) is 0 Å². The van der Waals surface area contributed by atoms with Crippen molar-refractivity contribution in [2.75, 3.05) is 13.7 Å². The second-order valence-electron chi connectivity index (χ2n) is 4.05. The number of aliphatic hydroxyl groups excluding tert-OH is 2. The van der Waals surface area contributed by atoms with Gasteiger partial charge in [-0.05, 0) is 0 Å². The molecule has 23 heavy (non-hydrogen) atoms. The summed E-state index contributed by atoms with van der Waals surface area (Å²) in [5, 5.41) is 19.4. The standard InChI is InChI=1S/C7H15NO11S2.2Na/c1-17-7-4(8-20(11,12)13)6(10)5(9)3(19-7)2-18-21(14,15)16;;/h3-10H,2H2,1H3,(H,11,12,13)(H,14,15,16);;/q;2*+1/p-2/t3-,4-,5-,6-,7+;;/m1../s1. The van der Waals surface area contributed by atoms with Crippen LogP contribution in [0.2, 0.25) is 0 Å². The summed E-state index contributed by atoms with van der Waals surface area (Å²) in [6, 6.07) is -1.63. The summed E-state index contributed by atoms with van der Waals surface area (Å²) in [6.07, 6.45) is -6.72. The van der Waals surface area contributed by atoms with Crippen LogP contribution in [0.15, 0.2) is 0 Å². The monoisotopic (exact) mass is 397 g/mol. The number of aliphatic hydroxyl groups is 2. The molecule has 1 rings (SSSR count). The summed E-state index contributed by atoms with van der Waals surface area (Å²) >= 11 is 0. The predicted molar refractivity (Wildman–Crippen MR) is 60.0 cm³/mol. The summed E-state index contributed by atoms with van der Waals surface area (Å²) in [5.41, 5.74) is 0. The minimum absolute atomic E-state index is 0. The van der Waals surface area contributed by atoms with Crippen molar-refractivity contribution in [3.05, 3.63) is 0 Å². The van der Waals surface area contributed by atoms with Crippen LogP contribution in [0.25, 0.3) is 0 Å². The molecule has 3 N–H and O–H groups in total. The first-order valence-corrected chi connectivity index (χ1v) is 8.06. The SMILES string of the molecule is CO[C@H]1O[C@H](COS(=O)(=O)[O-])[C@@H](O)[C@H](O)[C@H]1NS(=O)(=O)[O-].[Na+].[Na+]. The summed E-state index contributed by atoms with van der Waals surface area (Å²) in [7, 11) is -9.00. The van der Waals surface area contributed by atoms with E-state index < -0.39 is 58.0 Å².